The third-order valence-electron chi connectivity index (χ3n) is 13.1. The van der Waals surface area contributed by atoms with Crippen molar-refractivity contribution in [3.8, 4) is 22.3 Å². The highest BCUT2D eigenvalue weighted by atomic mass is 19.4. The van der Waals surface area contributed by atoms with Gasteiger partial charge in [0.05, 0.1) is 42.0 Å². The van der Waals surface area contributed by atoms with Crippen molar-refractivity contribution in [3.05, 3.63) is 183 Å². The number of nitrogens with two attached hydrogens (primary N) is 1. The maximum atomic E-state index is 15.3. The van der Waals surface area contributed by atoms with Gasteiger partial charge in [-0.15, -0.1) is 0 Å². The molecule has 0 radical (unpaired) electrons. The molecule has 9 rings (SSSR count). The predicted molar refractivity (Wildman–Crippen MR) is 268 cm³/mol. The number of nitrogens with zero attached hydrogens (tertiary/aromatic N) is 5. The zero-order valence-electron chi connectivity index (χ0n) is 39.9. The van der Waals surface area contributed by atoms with E-state index in [1.807, 2.05) is 48.5 Å². The lowest BCUT2D eigenvalue weighted by Crippen LogP contribution is -2.53. The Bertz CT molecular complexity index is 3260. The fourth-order valence-electron chi connectivity index (χ4n) is 9.38. The number of alkyl halides is 3. The number of aromatic nitrogens is 3. The van der Waals surface area contributed by atoms with Crippen LogP contribution < -0.4 is 16.6 Å². The summed E-state index contributed by atoms with van der Waals surface area (Å²) in [5, 5.41) is 10.5. The van der Waals surface area contributed by atoms with Crippen molar-refractivity contribution in [3.63, 3.8) is 0 Å². The van der Waals surface area contributed by atoms with E-state index in [4.69, 9.17) is 15.2 Å². The molecule has 74 heavy (non-hydrogen) atoms. The lowest BCUT2D eigenvalue weighted by atomic mass is 9.98. The number of hydrogen-bond donors (Lipinski definition) is 3. The highest BCUT2D eigenvalue weighted by Crippen LogP contribution is 2.44. The van der Waals surface area contributed by atoms with Crippen LogP contribution in [0.1, 0.15) is 54.7 Å². The van der Waals surface area contributed by atoms with Crippen molar-refractivity contribution >= 4 is 40.3 Å². The summed E-state index contributed by atoms with van der Waals surface area (Å²) >= 11 is 0. The monoisotopic (exact) mass is 1010 g/mol. The van der Waals surface area contributed by atoms with Gasteiger partial charge in [0.2, 0.25) is 5.91 Å². The topological polar surface area (TPSA) is 193 Å². The first-order valence-electron chi connectivity index (χ1n) is 23.9. The van der Waals surface area contributed by atoms with Gasteiger partial charge in [-0.2, -0.15) is 18.3 Å². The molecular formula is C55H50F4N8O7. The van der Waals surface area contributed by atoms with Gasteiger partial charge in [0.15, 0.2) is 5.69 Å². The average Bonchev–Trinajstić information content (AvgIpc) is 3.72. The van der Waals surface area contributed by atoms with Gasteiger partial charge >= 0.3 is 12.3 Å². The van der Waals surface area contributed by atoms with Crippen molar-refractivity contribution in [1.82, 2.24) is 35.2 Å². The molecule has 5 aromatic carbocycles. The molecule has 0 saturated carbocycles. The molecule has 7 aromatic rings. The van der Waals surface area contributed by atoms with Crippen LogP contribution in [-0.2, 0) is 27.1 Å². The molecule has 1 aliphatic heterocycles. The minimum absolute atomic E-state index is 0.00260. The van der Waals surface area contributed by atoms with E-state index in [0.717, 1.165) is 22.3 Å². The maximum Gasteiger partial charge on any atom is 0.410 e. The average molecular weight is 1010 g/mol. The zero-order chi connectivity index (χ0) is 51.9. The summed E-state index contributed by atoms with van der Waals surface area (Å²) in [6.07, 6.45) is -4.63. The van der Waals surface area contributed by atoms with E-state index in [1.54, 1.807) is 36.4 Å². The Hall–Kier alpha value is -8.45. The zero-order valence-corrected chi connectivity index (χ0v) is 39.9. The number of piperazine rings is 1. The first-order chi connectivity index (χ1) is 35.7. The third kappa shape index (κ3) is 11.6. The maximum absolute atomic E-state index is 15.3. The first kappa shape index (κ1) is 50.5. The minimum Gasteiger partial charge on any atom is -0.448 e. The Balaban J connectivity index is 0.805. The second kappa shape index (κ2) is 22.1. The quantitative estimate of drug-likeness (QED) is 0.0650. The van der Waals surface area contributed by atoms with Gasteiger partial charge in [-0.3, -0.25) is 24.1 Å². The van der Waals surface area contributed by atoms with E-state index in [1.165, 1.54) is 57.3 Å². The van der Waals surface area contributed by atoms with Crippen molar-refractivity contribution in [2.24, 2.45) is 0 Å². The number of aromatic amines is 1. The summed E-state index contributed by atoms with van der Waals surface area (Å²) in [6.45, 7) is -0.0157. The highest BCUT2D eigenvalue weighted by molar-refractivity contribution is 5.98. The molecule has 15 nitrogen and oxygen atoms in total. The molecule has 1 saturated heterocycles. The van der Waals surface area contributed by atoms with Crippen LogP contribution in [0.25, 0.3) is 33.0 Å². The van der Waals surface area contributed by atoms with E-state index in [9.17, 15) is 37.1 Å². The van der Waals surface area contributed by atoms with Crippen molar-refractivity contribution in [1.29, 1.82) is 0 Å². The van der Waals surface area contributed by atoms with Gasteiger partial charge in [0.1, 0.15) is 19.0 Å². The van der Waals surface area contributed by atoms with Gasteiger partial charge in [-0.25, -0.2) is 19.3 Å². The van der Waals surface area contributed by atoms with Gasteiger partial charge in [-0.05, 0) is 63.2 Å². The van der Waals surface area contributed by atoms with Crippen molar-refractivity contribution in [2.45, 2.75) is 24.9 Å². The molecule has 0 unspecified atom stereocenters. The molecule has 0 bridgehead atoms. The second-order valence-corrected chi connectivity index (χ2v) is 18.0. The molecular weight excluding hydrogens is 961 g/mol. The number of hydrogen-bond acceptors (Lipinski definition) is 10. The molecule has 2 aliphatic rings. The Morgan fingerprint density at radius 3 is 2.19 bits per heavy atom. The molecule has 0 atom stereocenters. The molecule has 4 amide bonds. The van der Waals surface area contributed by atoms with Gasteiger partial charge in [-0.1, -0.05) is 97.1 Å². The number of carbonyl (C=O) groups excluding carboxylic acids is 4. The molecule has 380 valence electrons. The van der Waals surface area contributed by atoms with Crippen LogP contribution in [0.2, 0.25) is 0 Å². The first-order valence-corrected chi connectivity index (χ1v) is 23.9. The van der Waals surface area contributed by atoms with Gasteiger partial charge < -0.3 is 30.3 Å². The summed E-state index contributed by atoms with van der Waals surface area (Å²) in [5.41, 5.74) is 11.9. The second-order valence-electron chi connectivity index (χ2n) is 18.0. The van der Waals surface area contributed by atoms with E-state index in [2.05, 4.69) is 20.5 Å². The molecule has 1 fully saturated rings. The van der Waals surface area contributed by atoms with E-state index in [0.29, 0.717) is 33.2 Å². The Morgan fingerprint density at radius 1 is 0.784 bits per heavy atom. The number of amides is 4. The number of nitrogen functional groups attached to an aromatic ring is 1. The van der Waals surface area contributed by atoms with Crippen LogP contribution >= 0.6 is 0 Å². The number of carbonyl (C=O) groups is 4. The van der Waals surface area contributed by atoms with E-state index in [-0.39, 0.29) is 106 Å². The number of ether oxygens (including phenoxy) is 2. The predicted octanol–water partition coefficient (Wildman–Crippen LogP) is 7.38. The lowest BCUT2D eigenvalue weighted by Gasteiger charge is -2.36. The summed E-state index contributed by atoms with van der Waals surface area (Å²) in [7, 11) is 0. The molecule has 19 heteroatoms. The highest BCUT2D eigenvalue weighted by Gasteiger charge is 2.32. The smallest absolute Gasteiger partial charge is 0.410 e. The minimum atomic E-state index is -4.38. The molecule has 0 spiro atoms. The van der Waals surface area contributed by atoms with Crippen LogP contribution in [0.4, 0.5) is 28.0 Å². The van der Waals surface area contributed by atoms with E-state index < -0.39 is 42.2 Å². The number of anilines is 1. The van der Waals surface area contributed by atoms with Crippen molar-refractivity contribution < 1.29 is 46.2 Å². The number of rotatable bonds is 16. The Kier molecular flexibility index (Phi) is 15.1. The number of benzene rings is 5. The molecule has 1 aliphatic carbocycles. The Labute approximate surface area is 421 Å². The number of fused-ring (bicyclic) bond motifs is 4. The Morgan fingerprint density at radius 2 is 1.47 bits per heavy atom. The summed E-state index contributed by atoms with van der Waals surface area (Å²) in [5.74, 6) is -2.51. The fraction of sp³-hybridized carbons (Fsp3) is 0.255. The van der Waals surface area contributed by atoms with Crippen LogP contribution in [-0.4, -0.2) is 126 Å². The van der Waals surface area contributed by atoms with Crippen LogP contribution in [0, 0.1) is 5.82 Å². The fourth-order valence-corrected chi connectivity index (χ4v) is 9.38. The SMILES string of the molecule is Nc1cc(-c2cccc(CC(F)(F)F)c2)cnc1C(=O)NCCOCCN(CC(=O)N1CCN(C(=O)c2cc(Cc3n[nH]c(=O)c4ccccc34)ccc2F)CC1)C(=O)OCC1c2ccccc2-c2ccccc21. The largest absolute Gasteiger partial charge is 0.448 e. The molecule has 2 aromatic heterocycles. The summed E-state index contributed by atoms with van der Waals surface area (Å²) in [6, 6.07) is 34.4. The van der Waals surface area contributed by atoms with Crippen molar-refractivity contribution in [2.75, 3.05) is 71.4 Å². The van der Waals surface area contributed by atoms with Crippen LogP contribution in [0.3, 0.4) is 0 Å². The lowest BCUT2D eigenvalue weighted by molar-refractivity contribution is -0.133. The summed E-state index contributed by atoms with van der Waals surface area (Å²) in [4.78, 5) is 75.4. The van der Waals surface area contributed by atoms with E-state index >= 15 is 4.39 Å². The number of pyridine rings is 1. The number of halogens is 4. The number of nitrogens with one attached hydrogen (secondary N) is 2. The van der Waals surface area contributed by atoms with Crippen LogP contribution in [0.5, 0.6) is 0 Å². The standard InChI is InChI=1S/C55H50F4N8O7/c56-46-17-16-34(28-48-42-14-5-6-15-43(42)51(69)64-63-48)27-44(46)53(71)66-21-19-65(20-22-66)49(68)32-67(54(72)74-33-45-40-12-3-1-10-38(40)39-11-2-4-13-41(39)45)23-25-73-24-18-61-52(70)50-47(60)29-37(31-62-50)36-9-7-8-35(26-36)30-55(57,58)59/h1-17,26-27,29,31,45H,18-25,28,30,32-33,60H2,(H,61,70)(H,64,69). The van der Waals surface area contributed by atoms with Crippen LogP contribution in [0.15, 0.2) is 132 Å². The summed E-state index contributed by atoms with van der Waals surface area (Å²) < 4.78 is 66.0. The third-order valence-corrected chi connectivity index (χ3v) is 13.1. The van der Waals surface area contributed by atoms with Gasteiger partial charge in [0, 0.05) is 68.8 Å². The molecule has 4 N–H and O–H groups in total. The normalized spacial score (nSPS) is 13.4. The molecule has 3 heterocycles. The van der Waals surface area contributed by atoms with Gasteiger partial charge in [0.25, 0.3) is 17.4 Å². The number of H-pyrrole nitrogens is 1.